The maximum absolute atomic E-state index is 10.9. The van der Waals surface area contributed by atoms with Gasteiger partial charge in [-0.15, -0.1) is 0 Å². The minimum atomic E-state index is -0.119. The highest BCUT2D eigenvalue weighted by Crippen LogP contribution is 2.24. The fourth-order valence-electron chi connectivity index (χ4n) is 1.62. The number of hydrazine groups is 1. The van der Waals surface area contributed by atoms with Crippen LogP contribution in [0.15, 0.2) is 22.7 Å². The number of amides is 1. The number of methoxy groups -OCH3 is 1. The van der Waals surface area contributed by atoms with Gasteiger partial charge >= 0.3 is 0 Å². The fraction of sp³-hybridized carbons (Fsp3) is 0.417. The number of benzene rings is 1. The number of nitrogens with one attached hydrogen (secondary N) is 1. The Morgan fingerprint density at radius 2 is 2.24 bits per heavy atom. The van der Waals surface area contributed by atoms with Crippen molar-refractivity contribution in [3.05, 3.63) is 28.2 Å². The molecule has 17 heavy (non-hydrogen) atoms. The van der Waals surface area contributed by atoms with Crippen molar-refractivity contribution in [3.63, 3.8) is 0 Å². The minimum Gasteiger partial charge on any atom is -0.496 e. The predicted octanol–water partition coefficient (Wildman–Crippen LogP) is 2.16. The number of aryl methyl sites for hydroxylation is 1. The van der Waals surface area contributed by atoms with E-state index in [9.17, 15) is 4.79 Å². The molecule has 0 heterocycles. The zero-order chi connectivity index (χ0) is 12.7. The first-order chi connectivity index (χ1) is 8.17. The lowest BCUT2D eigenvalue weighted by Gasteiger charge is -2.08. The number of rotatable bonds is 6. The van der Waals surface area contributed by atoms with Gasteiger partial charge in [0.2, 0.25) is 5.91 Å². The molecule has 0 saturated carbocycles. The van der Waals surface area contributed by atoms with E-state index in [1.54, 1.807) is 7.11 Å². The molecular formula is C12H17BrN2O2. The van der Waals surface area contributed by atoms with Crippen LogP contribution in [-0.2, 0) is 11.2 Å². The van der Waals surface area contributed by atoms with Crippen molar-refractivity contribution in [2.45, 2.75) is 25.7 Å². The third-order valence-corrected chi connectivity index (χ3v) is 3.00. The number of hydrogen-bond donors (Lipinski definition) is 2. The van der Waals surface area contributed by atoms with Crippen LogP contribution in [-0.4, -0.2) is 13.0 Å². The molecule has 0 unspecified atom stereocenters. The predicted molar refractivity (Wildman–Crippen MR) is 70.6 cm³/mol. The Labute approximate surface area is 110 Å². The van der Waals surface area contributed by atoms with Crippen molar-refractivity contribution >= 4 is 21.8 Å². The second-order valence-corrected chi connectivity index (χ2v) is 4.65. The van der Waals surface area contributed by atoms with Gasteiger partial charge in [0.1, 0.15) is 5.75 Å². The molecule has 0 fully saturated rings. The summed E-state index contributed by atoms with van der Waals surface area (Å²) in [6.07, 6.45) is 3.10. The molecular weight excluding hydrogens is 284 g/mol. The molecule has 0 radical (unpaired) electrons. The molecule has 0 aliphatic carbocycles. The van der Waals surface area contributed by atoms with Gasteiger partial charge in [0.15, 0.2) is 0 Å². The van der Waals surface area contributed by atoms with E-state index in [4.69, 9.17) is 10.6 Å². The summed E-state index contributed by atoms with van der Waals surface area (Å²) in [6, 6.07) is 5.93. The summed E-state index contributed by atoms with van der Waals surface area (Å²) in [7, 11) is 1.66. The van der Waals surface area contributed by atoms with Crippen LogP contribution in [0.25, 0.3) is 0 Å². The van der Waals surface area contributed by atoms with Crippen molar-refractivity contribution in [1.29, 1.82) is 0 Å². The van der Waals surface area contributed by atoms with Crippen LogP contribution in [0.5, 0.6) is 5.75 Å². The lowest BCUT2D eigenvalue weighted by molar-refractivity contribution is -0.121. The van der Waals surface area contributed by atoms with Crippen LogP contribution in [0.3, 0.4) is 0 Å². The first kappa shape index (κ1) is 14.0. The molecule has 0 saturated heterocycles. The summed E-state index contributed by atoms with van der Waals surface area (Å²) >= 11 is 3.43. The summed E-state index contributed by atoms with van der Waals surface area (Å²) in [6.45, 7) is 0. The van der Waals surface area contributed by atoms with Gasteiger partial charge < -0.3 is 4.74 Å². The average molecular weight is 301 g/mol. The van der Waals surface area contributed by atoms with E-state index in [0.29, 0.717) is 6.42 Å². The molecule has 94 valence electrons. The Bertz CT molecular complexity index is 383. The number of hydrogen-bond acceptors (Lipinski definition) is 3. The Morgan fingerprint density at radius 1 is 1.47 bits per heavy atom. The Hall–Kier alpha value is -1.07. The first-order valence-corrected chi connectivity index (χ1v) is 6.28. The molecule has 3 N–H and O–H groups in total. The number of carbonyl (C=O) groups excluding carboxylic acids is 1. The maximum Gasteiger partial charge on any atom is 0.233 e. The highest BCUT2D eigenvalue weighted by molar-refractivity contribution is 9.10. The summed E-state index contributed by atoms with van der Waals surface area (Å²) in [5.74, 6) is 5.77. The van der Waals surface area contributed by atoms with Crippen LogP contribution >= 0.6 is 15.9 Å². The van der Waals surface area contributed by atoms with Crippen molar-refractivity contribution in [3.8, 4) is 5.75 Å². The van der Waals surface area contributed by atoms with E-state index in [1.165, 1.54) is 0 Å². The van der Waals surface area contributed by atoms with E-state index >= 15 is 0 Å². The molecule has 0 aliphatic rings. The molecule has 0 atom stereocenters. The highest BCUT2D eigenvalue weighted by Gasteiger charge is 2.04. The van der Waals surface area contributed by atoms with Crippen molar-refractivity contribution in [2.75, 3.05) is 7.11 Å². The molecule has 0 spiro atoms. The molecule has 5 heteroatoms. The van der Waals surface area contributed by atoms with Gasteiger partial charge in [0, 0.05) is 10.9 Å². The molecule has 0 bridgehead atoms. The zero-order valence-corrected chi connectivity index (χ0v) is 11.4. The Kier molecular flexibility index (Phi) is 6.00. The van der Waals surface area contributed by atoms with E-state index in [0.717, 1.165) is 35.0 Å². The number of unbranched alkanes of at least 4 members (excludes halogenated alkanes) is 1. The van der Waals surface area contributed by atoms with Gasteiger partial charge in [0.25, 0.3) is 0 Å². The van der Waals surface area contributed by atoms with E-state index in [2.05, 4.69) is 21.4 Å². The molecule has 1 aromatic carbocycles. The number of nitrogens with two attached hydrogens (primary N) is 1. The number of halogens is 1. The van der Waals surface area contributed by atoms with Crippen LogP contribution in [0.2, 0.25) is 0 Å². The van der Waals surface area contributed by atoms with Gasteiger partial charge in [-0.2, -0.15) is 0 Å². The fourth-order valence-corrected chi connectivity index (χ4v) is 2.02. The second kappa shape index (κ2) is 7.29. The highest BCUT2D eigenvalue weighted by atomic mass is 79.9. The SMILES string of the molecule is COc1ccc(Br)cc1CCCCC(=O)NN. The second-order valence-electron chi connectivity index (χ2n) is 3.73. The lowest BCUT2D eigenvalue weighted by Crippen LogP contribution is -2.29. The summed E-state index contributed by atoms with van der Waals surface area (Å²) in [4.78, 5) is 10.9. The van der Waals surface area contributed by atoms with Gasteiger partial charge in [-0.25, -0.2) is 5.84 Å². The molecule has 4 nitrogen and oxygen atoms in total. The summed E-state index contributed by atoms with van der Waals surface area (Å²) in [5, 5.41) is 0. The molecule has 1 rings (SSSR count). The molecule has 0 aliphatic heterocycles. The number of ether oxygens (including phenoxy) is 1. The first-order valence-electron chi connectivity index (χ1n) is 5.49. The molecule has 1 aromatic rings. The largest absolute Gasteiger partial charge is 0.496 e. The van der Waals surface area contributed by atoms with Gasteiger partial charge in [-0.05, 0) is 43.0 Å². The van der Waals surface area contributed by atoms with Crippen molar-refractivity contribution in [1.82, 2.24) is 5.43 Å². The topological polar surface area (TPSA) is 64.3 Å². The van der Waals surface area contributed by atoms with E-state index < -0.39 is 0 Å². The Morgan fingerprint density at radius 3 is 2.88 bits per heavy atom. The maximum atomic E-state index is 10.9. The van der Waals surface area contributed by atoms with Crippen LogP contribution in [0.1, 0.15) is 24.8 Å². The van der Waals surface area contributed by atoms with Crippen LogP contribution in [0.4, 0.5) is 0 Å². The van der Waals surface area contributed by atoms with Gasteiger partial charge in [0.05, 0.1) is 7.11 Å². The van der Waals surface area contributed by atoms with Crippen molar-refractivity contribution < 1.29 is 9.53 Å². The third-order valence-electron chi connectivity index (χ3n) is 2.50. The number of carbonyl (C=O) groups is 1. The summed E-state index contributed by atoms with van der Waals surface area (Å²) in [5.41, 5.74) is 3.27. The quantitative estimate of drug-likeness (QED) is 0.366. The average Bonchev–Trinajstić information content (AvgIpc) is 2.34. The van der Waals surface area contributed by atoms with E-state index in [-0.39, 0.29) is 5.91 Å². The van der Waals surface area contributed by atoms with Gasteiger partial charge in [-0.1, -0.05) is 15.9 Å². The minimum absolute atomic E-state index is 0.119. The van der Waals surface area contributed by atoms with Crippen LogP contribution in [0, 0.1) is 0 Å². The summed E-state index contributed by atoms with van der Waals surface area (Å²) < 4.78 is 6.31. The zero-order valence-electron chi connectivity index (χ0n) is 9.83. The van der Waals surface area contributed by atoms with E-state index in [1.807, 2.05) is 18.2 Å². The lowest BCUT2D eigenvalue weighted by atomic mass is 10.1. The molecule has 0 aromatic heterocycles. The molecule has 1 amide bonds. The standard InChI is InChI=1S/C12H17BrN2O2/c1-17-11-7-6-10(13)8-9(11)4-2-3-5-12(16)15-14/h6-8H,2-5,14H2,1H3,(H,15,16). The normalized spacial score (nSPS) is 10.1. The monoisotopic (exact) mass is 300 g/mol. The smallest absolute Gasteiger partial charge is 0.233 e. The third kappa shape index (κ3) is 4.75. The van der Waals surface area contributed by atoms with Crippen molar-refractivity contribution in [2.24, 2.45) is 5.84 Å². The van der Waals surface area contributed by atoms with Gasteiger partial charge in [-0.3, -0.25) is 10.2 Å². The Balaban J connectivity index is 2.45. The van der Waals surface area contributed by atoms with Crippen LogP contribution < -0.4 is 16.0 Å².